The average molecular weight is 547 g/mol. The molecule has 10 nitrogen and oxygen atoms in total. The van der Waals surface area contributed by atoms with Crippen LogP contribution in [0.2, 0.25) is 0 Å². The zero-order valence-corrected chi connectivity index (χ0v) is 23.3. The second-order valence-electron chi connectivity index (χ2n) is 10.5. The Morgan fingerprint density at radius 3 is 2.77 bits per heavy atom. The molecule has 1 aliphatic rings. The summed E-state index contributed by atoms with van der Waals surface area (Å²) < 4.78 is 27.5. The number of piperidine rings is 1. The van der Waals surface area contributed by atoms with Crippen LogP contribution in [0.4, 0.5) is 21.7 Å². The van der Waals surface area contributed by atoms with Crippen LogP contribution in [0.1, 0.15) is 26.7 Å². The predicted molar refractivity (Wildman–Crippen MR) is 153 cm³/mol. The minimum Gasteiger partial charge on any atom is -0.496 e. The van der Waals surface area contributed by atoms with E-state index in [1.54, 1.807) is 31.5 Å². The minimum absolute atomic E-state index is 0.0940. The maximum absolute atomic E-state index is 14.7. The van der Waals surface area contributed by atoms with Gasteiger partial charge in [0.05, 0.1) is 31.0 Å². The monoisotopic (exact) mass is 546 g/mol. The number of rotatable bonds is 9. The van der Waals surface area contributed by atoms with E-state index in [9.17, 15) is 4.39 Å². The second-order valence-corrected chi connectivity index (χ2v) is 10.5. The van der Waals surface area contributed by atoms with Gasteiger partial charge in [0.25, 0.3) is 0 Å². The van der Waals surface area contributed by atoms with Gasteiger partial charge in [-0.25, -0.2) is 19.3 Å². The first-order valence-electron chi connectivity index (χ1n) is 13.3. The summed E-state index contributed by atoms with van der Waals surface area (Å²) in [5.41, 5.74) is 9.12. The molecule has 3 N–H and O–H groups in total. The number of methoxy groups -OCH3 is 2. The minimum atomic E-state index is -0.461. The maximum atomic E-state index is 14.7. The van der Waals surface area contributed by atoms with Crippen LogP contribution in [-0.2, 0) is 11.3 Å². The predicted octanol–water partition coefficient (Wildman–Crippen LogP) is 4.65. The van der Waals surface area contributed by atoms with Gasteiger partial charge in [-0.3, -0.25) is 4.68 Å². The van der Waals surface area contributed by atoms with E-state index in [0.29, 0.717) is 23.9 Å². The number of nitrogens with two attached hydrogens (primary N) is 1. The van der Waals surface area contributed by atoms with Crippen molar-refractivity contribution in [2.75, 3.05) is 37.5 Å². The zero-order valence-electron chi connectivity index (χ0n) is 23.3. The Hall–Kier alpha value is -4.09. The van der Waals surface area contributed by atoms with Crippen molar-refractivity contribution in [3.05, 3.63) is 60.9 Å². The Labute approximate surface area is 233 Å². The van der Waals surface area contributed by atoms with Crippen LogP contribution in [0.3, 0.4) is 0 Å². The third kappa shape index (κ3) is 6.05. The van der Waals surface area contributed by atoms with Crippen LogP contribution in [0.25, 0.3) is 22.5 Å². The van der Waals surface area contributed by atoms with Crippen molar-refractivity contribution < 1.29 is 13.9 Å². The highest BCUT2D eigenvalue weighted by atomic mass is 19.1. The van der Waals surface area contributed by atoms with E-state index >= 15 is 0 Å². The van der Waals surface area contributed by atoms with Gasteiger partial charge in [0, 0.05) is 67.7 Å². The maximum Gasteiger partial charge on any atom is 0.168 e. The fourth-order valence-electron chi connectivity index (χ4n) is 4.84. The van der Waals surface area contributed by atoms with Crippen LogP contribution in [0, 0.1) is 5.82 Å². The summed E-state index contributed by atoms with van der Waals surface area (Å²) in [5.74, 6) is 1.18. The molecule has 0 saturated carbocycles. The molecule has 0 aliphatic carbocycles. The average Bonchev–Trinajstić information content (AvgIpc) is 3.40. The van der Waals surface area contributed by atoms with E-state index < -0.39 is 5.82 Å². The number of aromatic nitrogens is 5. The van der Waals surface area contributed by atoms with Crippen molar-refractivity contribution in [3.8, 4) is 28.3 Å². The van der Waals surface area contributed by atoms with E-state index in [0.717, 1.165) is 42.7 Å². The lowest BCUT2D eigenvalue weighted by molar-refractivity contribution is 0.00543. The molecule has 0 spiro atoms. The number of benzene rings is 1. The molecule has 1 saturated heterocycles. The molecular weight excluding hydrogens is 511 g/mol. The number of nitrogens with zero attached hydrogens (tertiary/aromatic N) is 6. The number of hydrogen-bond donors (Lipinski definition) is 2. The van der Waals surface area contributed by atoms with E-state index in [1.807, 2.05) is 43.2 Å². The SMILES string of the molecule is COc1cccc(F)c1-c1nccc(Nc2cc(N3CCC[C@H](N)C3)c(-c3cnn(CC(C)(C)OC)c3)cn2)n1. The highest BCUT2D eigenvalue weighted by Crippen LogP contribution is 2.35. The van der Waals surface area contributed by atoms with E-state index in [-0.39, 0.29) is 23.0 Å². The van der Waals surface area contributed by atoms with Gasteiger partial charge >= 0.3 is 0 Å². The Balaban J connectivity index is 1.48. The molecule has 1 atom stereocenters. The summed E-state index contributed by atoms with van der Waals surface area (Å²) >= 11 is 0. The molecule has 0 unspecified atom stereocenters. The molecule has 3 aromatic heterocycles. The number of hydrogen-bond acceptors (Lipinski definition) is 9. The molecule has 210 valence electrons. The zero-order chi connectivity index (χ0) is 28.3. The van der Waals surface area contributed by atoms with Crippen LogP contribution < -0.4 is 20.7 Å². The molecule has 11 heteroatoms. The van der Waals surface area contributed by atoms with Crippen LogP contribution in [0.15, 0.2) is 55.1 Å². The molecule has 0 radical (unpaired) electrons. The molecule has 4 aromatic rings. The van der Waals surface area contributed by atoms with Crippen molar-refractivity contribution >= 4 is 17.3 Å². The van der Waals surface area contributed by atoms with Crippen molar-refractivity contribution in [1.29, 1.82) is 0 Å². The summed E-state index contributed by atoms with van der Waals surface area (Å²) in [6, 6.07) is 8.42. The molecule has 1 aliphatic heterocycles. The third-order valence-corrected chi connectivity index (χ3v) is 7.05. The van der Waals surface area contributed by atoms with Gasteiger partial charge in [0.2, 0.25) is 0 Å². The fourth-order valence-corrected chi connectivity index (χ4v) is 4.84. The quantitative estimate of drug-likeness (QED) is 0.310. The Kier molecular flexibility index (Phi) is 7.95. The Morgan fingerprint density at radius 1 is 1.15 bits per heavy atom. The van der Waals surface area contributed by atoms with Crippen molar-refractivity contribution in [2.45, 2.75) is 44.9 Å². The topological polar surface area (TPSA) is 116 Å². The highest BCUT2D eigenvalue weighted by molar-refractivity contribution is 5.80. The standard InChI is InChI=1S/C29H35FN8O2/c1-29(2,40-4)18-38-16-19(14-34-38)21-15-33-26(13-23(21)37-12-6-7-20(31)17-37)35-25-10-11-32-28(36-25)27-22(30)8-5-9-24(27)39-3/h5,8-11,13-16,20H,6-7,12,17-18,31H2,1-4H3,(H,32,33,35,36)/t20-/m0/s1. The Bertz CT molecular complexity index is 1470. The number of pyridine rings is 1. The van der Waals surface area contributed by atoms with E-state index in [2.05, 4.69) is 30.3 Å². The number of halogens is 1. The van der Waals surface area contributed by atoms with Crippen LogP contribution in [0.5, 0.6) is 5.75 Å². The highest BCUT2D eigenvalue weighted by Gasteiger charge is 2.23. The summed E-state index contributed by atoms with van der Waals surface area (Å²) in [6.45, 7) is 6.30. The van der Waals surface area contributed by atoms with Crippen LogP contribution in [-0.4, -0.2) is 63.7 Å². The molecule has 40 heavy (non-hydrogen) atoms. The lowest BCUT2D eigenvalue weighted by Gasteiger charge is -2.34. The number of anilines is 3. The fraction of sp³-hybridized carbons (Fsp3) is 0.379. The number of ether oxygens (including phenoxy) is 2. The van der Waals surface area contributed by atoms with Gasteiger partial charge in [0.15, 0.2) is 5.82 Å². The molecule has 1 aromatic carbocycles. The van der Waals surface area contributed by atoms with E-state index in [4.69, 9.17) is 15.2 Å². The first-order valence-corrected chi connectivity index (χ1v) is 13.3. The summed E-state index contributed by atoms with van der Waals surface area (Å²) in [5, 5.41) is 7.83. The third-order valence-electron chi connectivity index (χ3n) is 7.05. The van der Waals surface area contributed by atoms with Crippen molar-refractivity contribution in [3.63, 3.8) is 0 Å². The smallest absolute Gasteiger partial charge is 0.168 e. The summed E-state index contributed by atoms with van der Waals surface area (Å²) in [4.78, 5) is 15.8. The second kappa shape index (κ2) is 11.6. The first kappa shape index (κ1) is 27.5. The normalized spacial score (nSPS) is 15.8. The van der Waals surface area contributed by atoms with Crippen LogP contribution >= 0.6 is 0 Å². The lowest BCUT2D eigenvalue weighted by Crippen LogP contribution is -2.43. The summed E-state index contributed by atoms with van der Waals surface area (Å²) in [7, 11) is 3.19. The largest absolute Gasteiger partial charge is 0.496 e. The molecule has 1 fully saturated rings. The van der Waals surface area contributed by atoms with Crippen molar-refractivity contribution in [2.24, 2.45) is 5.73 Å². The van der Waals surface area contributed by atoms with Crippen molar-refractivity contribution in [1.82, 2.24) is 24.7 Å². The van der Waals surface area contributed by atoms with Gasteiger partial charge in [0.1, 0.15) is 23.2 Å². The molecule has 0 amide bonds. The van der Waals surface area contributed by atoms with Gasteiger partial charge in [-0.15, -0.1) is 0 Å². The van der Waals surface area contributed by atoms with E-state index in [1.165, 1.54) is 13.2 Å². The number of nitrogens with one attached hydrogen (secondary N) is 1. The summed E-state index contributed by atoms with van der Waals surface area (Å²) in [6.07, 6.45) is 9.27. The van der Waals surface area contributed by atoms with Gasteiger partial charge in [-0.2, -0.15) is 5.10 Å². The molecular formula is C29H35FN8O2. The molecule has 4 heterocycles. The van der Waals surface area contributed by atoms with Gasteiger partial charge in [-0.05, 0) is 44.9 Å². The first-order chi connectivity index (χ1) is 19.3. The molecule has 5 rings (SSSR count). The van der Waals surface area contributed by atoms with Gasteiger partial charge in [-0.1, -0.05) is 6.07 Å². The lowest BCUT2D eigenvalue weighted by atomic mass is 10.0. The van der Waals surface area contributed by atoms with Gasteiger partial charge < -0.3 is 25.4 Å². The molecule has 0 bridgehead atoms. The Morgan fingerprint density at radius 2 is 2.00 bits per heavy atom.